The lowest BCUT2D eigenvalue weighted by atomic mass is 10.0. The second kappa shape index (κ2) is 8.73. The molecule has 1 rings (SSSR count). The molecule has 0 fully saturated rings. The third-order valence-electron chi connectivity index (χ3n) is 3.68. The molecule has 106 valence electrons. The Balaban J connectivity index is 2.71. The third-order valence-corrected chi connectivity index (χ3v) is 3.68. The first kappa shape index (κ1) is 15.7. The third kappa shape index (κ3) is 4.70. The van der Waals surface area contributed by atoms with Gasteiger partial charge in [0.05, 0.1) is 0 Å². The topological polar surface area (TPSA) is 20.3 Å². The van der Waals surface area contributed by atoms with Crippen molar-refractivity contribution in [3.8, 4) is 0 Å². The highest BCUT2D eigenvalue weighted by Crippen LogP contribution is 2.16. The molecule has 1 atom stereocenters. The van der Waals surface area contributed by atoms with Gasteiger partial charge < -0.3 is 4.90 Å². The molecule has 1 amide bonds. The summed E-state index contributed by atoms with van der Waals surface area (Å²) in [7, 11) is 0. The molecule has 0 radical (unpaired) electrons. The molecule has 0 saturated carbocycles. The molecule has 0 heterocycles. The van der Waals surface area contributed by atoms with E-state index in [9.17, 15) is 4.79 Å². The molecule has 0 aliphatic carbocycles. The van der Waals surface area contributed by atoms with Crippen LogP contribution in [0, 0.1) is 0 Å². The van der Waals surface area contributed by atoms with Gasteiger partial charge in [-0.2, -0.15) is 0 Å². The van der Waals surface area contributed by atoms with Crippen LogP contribution in [0.3, 0.4) is 0 Å². The summed E-state index contributed by atoms with van der Waals surface area (Å²) in [4.78, 5) is 14.6. The van der Waals surface area contributed by atoms with Crippen LogP contribution in [-0.2, 0) is 0 Å². The van der Waals surface area contributed by atoms with E-state index >= 15 is 0 Å². The number of hydrogen-bond donors (Lipinski definition) is 0. The molecule has 1 unspecified atom stereocenters. The summed E-state index contributed by atoms with van der Waals surface area (Å²) in [5, 5.41) is 0. The minimum atomic E-state index is 0.173. The summed E-state index contributed by atoms with van der Waals surface area (Å²) < 4.78 is 0. The van der Waals surface area contributed by atoms with E-state index < -0.39 is 0 Å². The van der Waals surface area contributed by atoms with Crippen LogP contribution in [-0.4, -0.2) is 23.4 Å². The number of amides is 1. The van der Waals surface area contributed by atoms with E-state index in [1.165, 1.54) is 19.3 Å². The number of hydrogen-bond acceptors (Lipinski definition) is 1. The molecular weight excluding hydrogens is 234 g/mol. The number of rotatable bonds is 8. The van der Waals surface area contributed by atoms with Crippen LogP contribution < -0.4 is 0 Å². The van der Waals surface area contributed by atoms with E-state index in [2.05, 4.69) is 20.8 Å². The summed E-state index contributed by atoms with van der Waals surface area (Å²) in [5.41, 5.74) is 0.804. The molecule has 2 heteroatoms. The molecule has 0 aliphatic rings. The fraction of sp³-hybridized carbons (Fsp3) is 0.588. The van der Waals surface area contributed by atoms with Crippen LogP contribution in [0.1, 0.15) is 63.2 Å². The second-order valence-corrected chi connectivity index (χ2v) is 5.02. The fourth-order valence-corrected chi connectivity index (χ4v) is 2.52. The molecule has 2 nitrogen and oxygen atoms in total. The van der Waals surface area contributed by atoms with Gasteiger partial charge in [0.25, 0.3) is 5.91 Å². The molecule has 0 spiro atoms. The lowest BCUT2D eigenvalue weighted by Gasteiger charge is -2.30. The summed E-state index contributed by atoms with van der Waals surface area (Å²) in [6.45, 7) is 7.26. The summed E-state index contributed by atoms with van der Waals surface area (Å²) in [5.74, 6) is 0.173. The van der Waals surface area contributed by atoms with Crippen LogP contribution >= 0.6 is 0 Å². The summed E-state index contributed by atoms with van der Waals surface area (Å²) in [6, 6.07) is 10.0. The molecule has 0 aromatic heterocycles. The Morgan fingerprint density at radius 3 is 2.32 bits per heavy atom. The van der Waals surface area contributed by atoms with E-state index in [0.717, 1.165) is 24.9 Å². The van der Waals surface area contributed by atoms with Crippen LogP contribution in [0.25, 0.3) is 0 Å². The molecule has 0 saturated heterocycles. The zero-order valence-electron chi connectivity index (χ0n) is 12.6. The van der Waals surface area contributed by atoms with Crippen molar-refractivity contribution in [2.24, 2.45) is 0 Å². The van der Waals surface area contributed by atoms with Crippen molar-refractivity contribution in [1.29, 1.82) is 0 Å². The number of carbonyl (C=O) groups is 1. The van der Waals surface area contributed by atoms with Gasteiger partial charge >= 0.3 is 0 Å². The predicted octanol–water partition coefficient (Wildman–Crippen LogP) is 4.51. The van der Waals surface area contributed by atoms with Gasteiger partial charge in [0.15, 0.2) is 0 Å². The van der Waals surface area contributed by atoms with Crippen LogP contribution in [0.4, 0.5) is 0 Å². The first-order valence-electron chi connectivity index (χ1n) is 7.60. The highest BCUT2D eigenvalue weighted by molar-refractivity contribution is 5.94. The van der Waals surface area contributed by atoms with Gasteiger partial charge in [-0.05, 0) is 31.9 Å². The van der Waals surface area contributed by atoms with Crippen LogP contribution in [0.2, 0.25) is 0 Å². The number of nitrogens with zero attached hydrogens (tertiary/aromatic N) is 1. The quantitative estimate of drug-likeness (QED) is 0.631. The Morgan fingerprint density at radius 2 is 1.79 bits per heavy atom. The first-order valence-corrected chi connectivity index (χ1v) is 7.60. The van der Waals surface area contributed by atoms with Crippen molar-refractivity contribution in [1.82, 2.24) is 4.90 Å². The highest BCUT2D eigenvalue weighted by atomic mass is 16.2. The van der Waals surface area contributed by atoms with Crippen molar-refractivity contribution in [2.75, 3.05) is 6.54 Å². The Morgan fingerprint density at radius 1 is 1.11 bits per heavy atom. The van der Waals surface area contributed by atoms with Crippen LogP contribution in [0.5, 0.6) is 0 Å². The van der Waals surface area contributed by atoms with E-state index in [1.807, 2.05) is 35.2 Å². The second-order valence-electron chi connectivity index (χ2n) is 5.02. The van der Waals surface area contributed by atoms with Crippen molar-refractivity contribution in [3.05, 3.63) is 35.9 Å². The molecule has 0 bridgehead atoms. The number of unbranched alkanes of at least 4 members (excludes halogenated alkanes) is 2. The lowest BCUT2D eigenvalue weighted by Crippen LogP contribution is -2.39. The predicted molar refractivity (Wildman–Crippen MR) is 81.4 cm³/mol. The zero-order chi connectivity index (χ0) is 14.1. The van der Waals surface area contributed by atoms with Crippen molar-refractivity contribution >= 4 is 5.91 Å². The van der Waals surface area contributed by atoms with Crippen LogP contribution in [0.15, 0.2) is 30.3 Å². The largest absolute Gasteiger partial charge is 0.336 e. The maximum atomic E-state index is 12.5. The molecular formula is C17H27NO. The Labute approximate surface area is 117 Å². The Bertz CT molecular complexity index is 361. The van der Waals surface area contributed by atoms with Gasteiger partial charge in [0.1, 0.15) is 0 Å². The van der Waals surface area contributed by atoms with E-state index in [1.54, 1.807) is 0 Å². The van der Waals surface area contributed by atoms with E-state index in [-0.39, 0.29) is 5.91 Å². The average Bonchev–Trinajstić information content (AvgIpc) is 2.47. The minimum absolute atomic E-state index is 0.173. The first-order chi connectivity index (χ1) is 9.24. The Kier molecular flexibility index (Phi) is 7.24. The Hall–Kier alpha value is -1.31. The van der Waals surface area contributed by atoms with Gasteiger partial charge in [0, 0.05) is 18.2 Å². The molecule has 19 heavy (non-hydrogen) atoms. The van der Waals surface area contributed by atoms with Crippen molar-refractivity contribution in [3.63, 3.8) is 0 Å². The van der Waals surface area contributed by atoms with Gasteiger partial charge in [-0.15, -0.1) is 0 Å². The smallest absolute Gasteiger partial charge is 0.254 e. The minimum Gasteiger partial charge on any atom is -0.336 e. The van der Waals surface area contributed by atoms with E-state index in [4.69, 9.17) is 0 Å². The average molecular weight is 261 g/mol. The normalized spacial score (nSPS) is 12.2. The monoisotopic (exact) mass is 261 g/mol. The lowest BCUT2D eigenvalue weighted by molar-refractivity contribution is 0.0673. The maximum absolute atomic E-state index is 12.5. The summed E-state index contributed by atoms with van der Waals surface area (Å²) in [6.07, 6.45) is 5.86. The van der Waals surface area contributed by atoms with Gasteiger partial charge in [0.2, 0.25) is 0 Å². The number of carbonyl (C=O) groups excluding carboxylic acids is 1. The zero-order valence-corrected chi connectivity index (χ0v) is 12.6. The summed E-state index contributed by atoms with van der Waals surface area (Å²) >= 11 is 0. The maximum Gasteiger partial charge on any atom is 0.254 e. The number of benzene rings is 1. The van der Waals surface area contributed by atoms with Gasteiger partial charge in [-0.1, -0.05) is 51.3 Å². The fourth-order valence-electron chi connectivity index (χ4n) is 2.52. The molecule has 1 aromatic rings. The van der Waals surface area contributed by atoms with Gasteiger partial charge in [-0.3, -0.25) is 4.79 Å². The SMILES string of the molecule is CCCCCC(CC)N(CC)C(=O)c1ccccc1. The van der Waals surface area contributed by atoms with Crippen molar-refractivity contribution in [2.45, 2.75) is 58.9 Å². The van der Waals surface area contributed by atoms with E-state index in [0.29, 0.717) is 6.04 Å². The molecule has 1 aromatic carbocycles. The van der Waals surface area contributed by atoms with Crippen molar-refractivity contribution < 1.29 is 4.79 Å². The molecule has 0 aliphatic heterocycles. The molecule has 0 N–H and O–H groups in total. The standard InChI is InChI=1S/C17H27NO/c1-4-7-9-14-16(5-2)18(6-3)17(19)15-12-10-8-11-13-15/h8,10-13,16H,4-7,9,14H2,1-3H3. The highest BCUT2D eigenvalue weighted by Gasteiger charge is 2.21. The van der Waals surface area contributed by atoms with Gasteiger partial charge in [-0.25, -0.2) is 0 Å².